The van der Waals surface area contributed by atoms with Crippen LogP contribution < -0.4 is 5.14 Å². The maximum absolute atomic E-state index is 12.3. The van der Waals surface area contributed by atoms with Crippen molar-refractivity contribution in [3.05, 3.63) is 0 Å². The maximum atomic E-state index is 12.3. The van der Waals surface area contributed by atoms with Gasteiger partial charge in [0.05, 0.1) is 6.10 Å². The van der Waals surface area contributed by atoms with Gasteiger partial charge in [0.25, 0.3) is 0 Å². The van der Waals surface area contributed by atoms with Gasteiger partial charge in [-0.1, -0.05) is 0 Å². The zero-order valence-corrected chi connectivity index (χ0v) is 7.94. The fraction of sp³-hybridized carbons (Fsp3) is 1.00. The van der Waals surface area contributed by atoms with Gasteiger partial charge >= 0.3 is 6.18 Å². The van der Waals surface area contributed by atoms with Crippen molar-refractivity contribution in [2.45, 2.75) is 30.4 Å². The lowest BCUT2D eigenvalue weighted by Crippen LogP contribution is -2.48. The Balaban J connectivity index is 2.93. The van der Waals surface area contributed by atoms with Crippen molar-refractivity contribution in [2.75, 3.05) is 6.61 Å². The lowest BCUT2D eigenvalue weighted by Gasteiger charge is -2.22. The Hall–Kier alpha value is -0.340. The van der Waals surface area contributed by atoms with E-state index in [2.05, 4.69) is 9.88 Å². The van der Waals surface area contributed by atoms with E-state index in [0.29, 0.717) is 6.42 Å². The molecular formula is C6H10F3NO3S. The van der Waals surface area contributed by atoms with Crippen LogP contribution in [0.3, 0.4) is 0 Å². The molecule has 2 N–H and O–H groups in total. The van der Waals surface area contributed by atoms with Crippen LogP contribution in [0.25, 0.3) is 0 Å². The van der Waals surface area contributed by atoms with Crippen molar-refractivity contribution in [3.63, 3.8) is 0 Å². The summed E-state index contributed by atoms with van der Waals surface area (Å²) in [4.78, 5) is 0. The van der Waals surface area contributed by atoms with Crippen molar-refractivity contribution >= 4 is 10.0 Å². The van der Waals surface area contributed by atoms with Gasteiger partial charge in [0, 0.05) is 6.61 Å². The SMILES string of the molecule is NS(=O)(=O)C(C1CCCO1)C(F)(F)F. The van der Waals surface area contributed by atoms with Gasteiger partial charge in [-0.3, -0.25) is 0 Å². The van der Waals surface area contributed by atoms with Gasteiger partial charge in [-0.15, -0.1) is 0 Å². The van der Waals surface area contributed by atoms with Crippen molar-refractivity contribution in [2.24, 2.45) is 5.14 Å². The van der Waals surface area contributed by atoms with Gasteiger partial charge < -0.3 is 4.74 Å². The van der Waals surface area contributed by atoms with Crippen LogP contribution in [0, 0.1) is 0 Å². The highest BCUT2D eigenvalue weighted by Gasteiger charge is 2.53. The fourth-order valence-electron chi connectivity index (χ4n) is 1.45. The fourth-order valence-corrected chi connectivity index (χ4v) is 2.46. The lowest BCUT2D eigenvalue weighted by molar-refractivity contribution is -0.150. The van der Waals surface area contributed by atoms with Gasteiger partial charge in [-0.2, -0.15) is 13.2 Å². The molecular weight excluding hydrogens is 223 g/mol. The summed E-state index contributed by atoms with van der Waals surface area (Å²) in [7, 11) is -4.66. The third-order valence-corrected chi connectivity index (χ3v) is 3.26. The largest absolute Gasteiger partial charge is 0.409 e. The molecule has 0 radical (unpaired) electrons. The number of hydrogen-bond acceptors (Lipinski definition) is 3. The number of halogens is 3. The standard InChI is InChI=1S/C6H10F3NO3S/c7-6(8,9)5(14(10,11)12)4-2-1-3-13-4/h4-5H,1-3H2,(H2,10,11,12). The Morgan fingerprint density at radius 2 is 2.00 bits per heavy atom. The minimum absolute atomic E-state index is 0.0700. The summed E-state index contributed by atoms with van der Waals surface area (Å²) in [5.74, 6) is 0. The predicted molar refractivity (Wildman–Crippen MR) is 41.9 cm³/mol. The third-order valence-electron chi connectivity index (χ3n) is 1.98. The molecule has 0 aromatic carbocycles. The Morgan fingerprint density at radius 1 is 1.43 bits per heavy atom. The van der Waals surface area contributed by atoms with Crippen molar-refractivity contribution in [1.82, 2.24) is 0 Å². The number of rotatable bonds is 2. The Bertz CT molecular complexity index is 294. The smallest absolute Gasteiger partial charge is 0.376 e. The minimum atomic E-state index is -4.87. The first kappa shape index (κ1) is 11.7. The van der Waals surface area contributed by atoms with Crippen LogP contribution in [0.2, 0.25) is 0 Å². The monoisotopic (exact) mass is 233 g/mol. The minimum Gasteiger partial charge on any atom is -0.376 e. The molecule has 0 spiro atoms. The Morgan fingerprint density at radius 3 is 2.29 bits per heavy atom. The van der Waals surface area contributed by atoms with Gasteiger partial charge in [0.1, 0.15) is 0 Å². The molecule has 4 nitrogen and oxygen atoms in total. The van der Waals surface area contributed by atoms with Crippen molar-refractivity contribution < 1.29 is 26.3 Å². The van der Waals surface area contributed by atoms with Crippen LogP contribution in [0.5, 0.6) is 0 Å². The summed E-state index contributed by atoms with van der Waals surface area (Å²) in [6, 6.07) is 0. The summed E-state index contributed by atoms with van der Waals surface area (Å²) in [5, 5.41) is 1.92. The highest BCUT2D eigenvalue weighted by molar-refractivity contribution is 7.89. The molecule has 1 aliphatic heterocycles. The number of alkyl halides is 3. The van der Waals surface area contributed by atoms with E-state index in [1.165, 1.54) is 0 Å². The normalized spacial score (nSPS) is 26.4. The molecule has 1 fully saturated rings. The van der Waals surface area contributed by atoms with E-state index in [4.69, 9.17) is 0 Å². The lowest BCUT2D eigenvalue weighted by atomic mass is 10.2. The summed E-state index contributed by atoms with van der Waals surface area (Å²) in [6.45, 7) is 0.146. The average Bonchev–Trinajstić information content (AvgIpc) is 2.31. The van der Waals surface area contributed by atoms with Crippen LogP contribution in [-0.2, 0) is 14.8 Å². The molecule has 0 bridgehead atoms. The van der Waals surface area contributed by atoms with Crippen LogP contribution in [0.1, 0.15) is 12.8 Å². The van der Waals surface area contributed by atoms with E-state index >= 15 is 0 Å². The second-order valence-electron chi connectivity index (χ2n) is 3.10. The molecule has 0 saturated carbocycles. The van der Waals surface area contributed by atoms with Gasteiger partial charge in [0.15, 0.2) is 5.25 Å². The van der Waals surface area contributed by atoms with E-state index in [-0.39, 0.29) is 13.0 Å². The summed E-state index contributed by atoms with van der Waals surface area (Å²) < 4.78 is 63.2. The molecule has 1 rings (SSSR count). The molecule has 84 valence electrons. The Labute approximate surface area is 79.3 Å². The molecule has 14 heavy (non-hydrogen) atoms. The Kier molecular flexibility index (Phi) is 3.07. The maximum Gasteiger partial charge on any atom is 0.409 e. The van der Waals surface area contributed by atoms with E-state index in [9.17, 15) is 21.6 Å². The second kappa shape index (κ2) is 3.67. The van der Waals surface area contributed by atoms with Crippen LogP contribution in [-0.4, -0.2) is 32.6 Å². The van der Waals surface area contributed by atoms with E-state index in [0.717, 1.165) is 0 Å². The average molecular weight is 233 g/mol. The number of ether oxygens (including phenoxy) is 1. The molecule has 1 saturated heterocycles. The summed E-state index contributed by atoms with van der Waals surface area (Å²) in [5.41, 5.74) is 0. The van der Waals surface area contributed by atoms with Crippen LogP contribution >= 0.6 is 0 Å². The molecule has 2 atom stereocenters. The highest BCUT2D eigenvalue weighted by atomic mass is 32.2. The van der Waals surface area contributed by atoms with E-state index in [1.807, 2.05) is 0 Å². The van der Waals surface area contributed by atoms with Crippen LogP contribution in [0.4, 0.5) is 13.2 Å². The second-order valence-corrected chi connectivity index (χ2v) is 4.79. The zero-order valence-electron chi connectivity index (χ0n) is 7.12. The number of primary sulfonamides is 1. The molecule has 1 aliphatic rings. The third kappa shape index (κ3) is 2.58. The summed E-state index contributed by atoms with van der Waals surface area (Å²) in [6.07, 6.45) is -5.74. The molecule has 0 aliphatic carbocycles. The zero-order chi connectivity index (χ0) is 11.0. The highest BCUT2D eigenvalue weighted by Crippen LogP contribution is 2.32. The number of hydrogen-bond donors (Lipinski definition) is 1. The quantitative estimate of drug-likeness (QED) is 0.749. The predicted octanol–water partition coefficient (Wildman–Crippen LogP) is 0.385. The number of nitrogens with two attached hydrogens (primary N) is 1. The van der Waals surface area contributed by atoms with Gasteiger partial charge in [-0.05, 0) is 12.8 Å². The summed E-state index contributed by atoms with van der Waals surface area (Å²) >= 11 is 0. The van der Waals surface area contributed by atoms with E-state index in [1.54, 1.807) is 0 Å². The topological polar surface area (TPSA) is 69.4 Å². The molecule has 0 aromatic rings. The molecule has 0 aromatic heterocycles. The molecule has 0 amide bonds. The molecule has 2 unspecified atom stereocenters. The van der Waals surface area contributed by atoms with E-state index < -0.39 is 27.6 Å². The van der Waals surface area contributed by atoms with Crippen molar-refractivity contribution in [1.29, 1.82) is 0 Å². The first-order valence-electron chi connectivity index (χ1n) is 3.93. The van der Waals surface area contributed by atoms with Gasteiger partial charge in [0.2, 0.25) is 10.0 Å². The molecule has 8 heteroatoms. The van der Waals surface area contributed by atoms with Crippen LogP contribution in [0.15, 0.2) is 0 Å². The first-order valence-corrected chi connectivity index (χ1v) is 5.54. The molecule has 1 heterocycles. The number of sulfonamides is 1. The van der Waals surface area contributed by atoms with Gasteiger partial charge in [-0.25, -0.2) is 13.6 Å². The van der Waals surface area contributed by atoms with Crippen molar-refractivity contribution in [3.8, 4) is 0 Å². The first-order chi connectivity index (χ1) is 6.23.